The Morgan fingerprint density at radius 1 is 1.35 bits per heavy atom. The van der Waals surface area contributed by atoms with E-state index in [9.17, 15) is 0 Å². The van der Waals surface area contributed by atoms with Crippen LogP contribution in [0.3, 0.4) is 0 Å². The van der Waals surface area contributed by atoms with Gasteiger partial charge in [-0.05, 0) is 49.1 Å². The highest BCUT2D eigenvalue weighted by atomic mass is 35.5. The molecule has 23 heavy (non-hydrogen) atoms. The van der Waals surface area contributed by atoms with Gasteiger partial charge < -0.3 is 4.57 Å². The smallest absolute Gasteiger partial charge is 0.0945 e. The Morgan fingerprint density at radius 3 is 2.87 bits per heavy atom. The Bertz CT molecular complexity index is 600. The summed E-state index contributed by atoms with van der Waals surface area (Å²) in [5.41, 5.74) is 1.39. The Hall–Kier alpha value is -0.580. The summed E-state index contributed by atoms with van der Waals surface area (Å²) < 4.78 is 2.48. The summed E-state index contributed by atoms with van der Waals surface area (Å²) in [6.07, 6.45) is 10.7. The van der Waals surface area contributed by atoms with E-state index in [0.717, 1.165) is 23.2 Å². The van der Waals surface area contributed by atoms with Gasteiger partial charge in [0, 0.05) is 29.2 Å². The van der Waals surface area contributed by atoms with Crippen LogP contribution in [0.4, 0.5) is 0 Å². The van der Waals surface area contributed by atoms with Gasteiger partial charge in [0.05, 0.1) is 10.4 Å². The van der Waals surface area contributed by atoms with Crippen LogP contribution in [-0.4, -0.2) is 24.6 Å². The molecule has 124 valence electrons. The molecule has 1 saturated heterocycles. The lowest BCUT2D eigenvalue weighted by Gasteiger charge is -2.39. The van der Waals surface area contributed by atoms with Crippen LogP contribution in [0.25, 0.3) is 0 Å². The number of imidazole rings is 1. The van der Waals surface area contributed by atoms with Crippen molar-refractivity contribution in [2.75, 3.05) is 5.75 Å². The summed E-state index contributed by atoms with van der Waals surface area (Å²) in [5, 5.41) is 1.57. The van der Waals surface area contributed by atoms with Crippen LogP contribution in [0.1, 0.15) is 31.7 Å². The average molecular weight is 367 g/mol. The molecule has 5 heteroatoms. The lowest BCUT2D eigenvalue weighted by Crippen LogP contribution is -2.31. The predicted molar refractivity (Wildman–Crippen MR) is 103 cm³/mol. The van der Waals surface area contributed by atoms with E-state index in [-0.39, 0.29) is 0 Å². The Balaban J connectivity index is 1.67. The Labute approximate surface area is 152 Å². The van der Waals surface area contributed by atoms with E-state index < -0.39 is 0 Å². The zero-order valence-electron chi connectivity index (χ0n) is 13.5. The summed E-state index contributed by atoms with van der Waals surface area (Å²) in [7, 11) is 0. The Kier molecular flexibility index (Phi) is 6.00. The van der Waals surface area contributed by atoms with E-state index in [2.05, 4.69) is 58.3 Å². The van der Waals surface area contributed by atoms with Crippen molar-refractivity contribution < 1.29 is 0 Å². The summed E-state index contributed by atoms with van der Waals surface area (Å²) in [4.78, 5) is 4.13. The van der Waals surface area contributed by atoms with Gasteiger partial charge in [-0.15, -0.1) is 23.5 Å². The largest absolute Gasteiger partial charge is 0.337 e. The molecular formula is C18H23ClN2S2. The van der Waals surface area contributed by atoms with Gasteiger partial charge in [0.1, 0.15) is 0 Å². The van der Waals surface area contributed by atoms with Gasteiger partial charge >= 0.3 is 0 Å². The zero-order valence-corrected chi connectivity index (χ0v) is 15.8. The van der Waals surface area contributed by atoms with Gasteiger partial charge in [0.25, 0.3) is 0 Å². The fourth-order valence-electron chi connectivity index (χ4n) is 3.05. The molecule has 2 heterocycles. The zero-order chi connectivity index (χ0) is 16.1. The molecule has 3 rings (SSSR count). The third-order valence-electron chi connectivity index (χ3n) is 4.23. The van der Waals surface area contributed by atoms with Crippen LogP contribution in [0.2, 0.25) is 5.02 Å². The maximum Gasteiger partial charge on any atom is 0.0945 e. The molecule has 0 saturated carbocycles. The third-order valence-corrected chi connectivity index (χ3v) is 7.85. The molecule has 0 bridgehead atoms. The van der Waals surface area contributed by atoms with Crippen LogP contribution in [-0.2, 0) is 13.0 Å². The Morgan fingerprint density at radius 2 is 2.17 bits per heavy atom. The van der Waals surface area contributed by atoms with Crippen LogP contribution >= 0.6 is 35.1 Å². The first-order valence-electron chi connectivity index (χ1n) is 8.17. The number of hydrogen-bond acceptors (Lipinski definition) is 3. The number of nitrogens with zero attached hydrogens (tertiary/aromatic N) is 2. The van der Waals surface area contributed by atoms with E-state index in [0.29, 0.717) is 4.08 Å². The average Bonchev–Trinajstić information content (AvgIpc) is 3.03. The second-order valence-corrected chi connectivity index (χ2v) is 10.2. The third kappa shape index (κ3) is 4.94. The van der Waals surface area contributed by atoms with Crippen molar-refractivity contribution in [1.29, 1.82) is 0 Å². The van der Waals surface area contributed by atoms with E-state index in [1.54, 1.807) is 0 Å². The first kappa shape index (κ1) is 17.2. The van der Waals surface area contributed by atoms with Gasteiger partial charge in [-0.3, -0.25) is 0 Å². The molecule has 0 spiro atoms. The number of thioether (sulfide) groups is 2. The fourth-order valence-corrected chi connectivity index (χ4v) is 7.22. The lowest BCUT2D eigenvalue weighted by molar-refractivity contribution is 0.573. The second-order valence-electron chi connectivity index (χ2n) is 6.18. The van der Waals surface area contributed by atoms with E-state index in [1.807, 2.05) is 24.7 Å². The minimum atomic E-state index is 0.298. The topological polar surface area (TPSA) is 17.8 Å². The monoisotopic (exact) mass is 366 g/mol. The summed E-state index contributed by atoms with van der Waals surface area (Å²) in [6.45, 7) is 3.43. The molecule has 1 aliphatic rings. The fraction of sp³-hybridized carbons (Fsp3) is 0.500. The van der Waals surface area contributed by atoms with E-state index in [1.165, 1.54) is 30.6 Å². The quantitative estimate of drug-likeness (QED) is 0.670. The van der Waals surface area contributed by atoms with Crippen LogP contribution in [0, 0.1) is 0 Å². The van der Waals surface area contributed by atoms with E-state index in [4.69, 9.17) is 11.6 Å². The standard InChI is InChI=1S/C18H23ClN2S2/c1-15-7-12-22-18(23-15,8-2-10-21-11-9-20-14-21)13-16-3-5-17(19)6-4-16/h3-6,9,11,14-15H,2,7-8,10,12-13H2,1H3. The molecule has 1 aliphatic heterocycles. The highest BCUT2D eigenvalue weighted by Gasteiger charge is 2.36. The van der Waals surface area contributed by atoms with Crippen LogP contribution in [0.15, 0.2) is 43.0 Å². The van der Waals surface area contributed by atoms with Crippen molar-refractivity contribution in [3.63, 3.8) is 0 Å². The molecule has 0 N–H and O–H groups in total. The minimum Gasteiger partial charge on any atom is -0.337 e. The van der Waals surface area contributed by atoms with Gasteiger partial charge in [-0.1, -0.05) is 30.7 Å². The van der Waals surface area contributed by atoms with Gasteiger partial charge in [0.15, 0.2) is 0 Å². The molecule has 1 aromatic heterocycles. The maximum absolute atomic E-state index is 6.03. The second kappa shape index (κ2) is 8.00. The summed E-state index contributed by atoms with van der Waals surface area (Å²) in [5.74, 6) is 1.27. The van der Waals surface area contributed by atoms with Crippen molar-refractivity contribution in [1.82, 2.24) is 9.55 Å². The number of benzene rings is 1. The van der Waals surface area contributed by atoms with Crippen molar-refractivity contribution in [2.45, 2.75) is 48.5 Å². The van der Waals surface area contributed by atoms with Crippen LogP contribution < -0.4 is 0 Å². The molecule has 1 fully saturated rings. The highest BCUT2D eigenvalue weighted by Crippen LogP contribution is 2.50. The number of aryl methyl sites for hydroxylation is 1. The summed E-state index contributed by atoms with van der Waals surface area (Å²) in [6, 6.07) is 8.38. The van der Waals surface area contributed by atoms with Crippen LogP contribution in [0.5, 0.6) is 0 Å². The van der Waals surface area contributed by atoms with Crippen molar-refractivity contribution in [2.24, 2.45) is 0 Å². The molecule has 2 aromatic rings. The van der Waals surface area contributed by atoms with Crippen molar-refractivity contribution in [3.8, 4) is 0 Å². The molecule has 0 aliphatic carbocycles. The number of aromatic nitrogens is 2. The minimum absolute atomic E-state index is 0.298. The molecule has 2 unspecified atom stereocenters. The normalized spacial score (nSPS) is 24.7. The van der Waals surface area contributed by atoms with Crippen molar-refractivity contribution in [3.05, 3.63) is 53.6 Å². The molecular weight excluding hydrogens is 344 g/mol. The first-order valence-corrected chi connectivity index (χ1v) is 10.4. The highest BCUT2D eigenvalue weighted by molar-refractivity contribution is 8.19. The molecule has 2 atom stereocenters. The van der Waals surface area contributed by atoms with Gasteiger partial charge in [-0.25, -0.2) is 4.98 Å². The van der Waals surface area contributed by atoms with Gasteiger partial charge in [0.2, 0.25) is 0 Å². The number of halogens is 1. The lowest BCUT2D eigenvalue weighted by atomic mass is 10.1. The number of hydrogen-bond donors (Lipinski definition) is 0. The number of rotatable bonds is 6. The van der Waals surface area contributed by atoms with E-state index >= 15 is 0 Å². The SMILES string of the molecule is CC1CCSC(CCCn2ccnc2)(Cc2ccc(Cl)cc2)S1. The molecule has 1 aromatic carbocycles. The maximum atomic E-state index is 6.03. The molecule has 2 nitrogen and oxygen atoms in total. The first-order chi connectivity index (χ1) is 11.2. The molecule has 0 radical (unpaired) electrons. The summed E-state index contributed by atoms with van der Waals surface area (Å²) >= 11 is 10.4. The van der Waals surface area contributed by atoms with Crippen molar-refractivity contribution >= 4 is 35.1 Å². The predicted octanol–water partition coefficient (Wildman–Crippen LogP) is 5.51. The van der Waals surface area contributed by atoms with Gasteiger partial charge in [-0.2, -0.15) is 0 Å². The molecule has 0 amide bonds.